The third kappa shape index (κ3) is 9.58. The van der Waals surface area contributed by atoms with Crippen molar-refractivity contribution in [3.63, 3.8) is 0 Å². The maximum atomic E-state index is 5.73. The first kappa shape index (κ1) is 18.0. The number of nitrogens with two attached hydrogens (primary N) is 1. The van der Waals surface area contributed by atoms with E-state index in [1.165, 1.54) is 0 Å². The molecule has 0 saturated heterocycles. The summed E-state index contributed by atoms with van der Waals surface area (Å²) >= 11 is 0. The number of halogens is 1. The second kappa shape index (κ2) is 10.9. The first-order chi connectivity index (χ1) is 8.68. The Hall–Kier alpha value is -0.980. The fourth-order valence-electron chi connectivity index (χ4n) is 1.43. The molecule has 0 aliphatic heterocycles. The lowest BCUT2D eigenvalue weighted by Crippen LogP contribution is -2.33. The van der Waals surface area contributed by atoms with Crippen molar-refractivity contribution in [2.45, 2.75) is 20.3 Å². The lowest BCUT2D eigenvalue weighted by Gasteiger charge is -2.08. The van der Waals surface area contributed by atoms with Crippen LogP contribution in [0.2, 0.25) is 0 Å². The third-order valence-corrected chi connectivity index (χ3v) is 2.39. The Bertz CT molecular complexity index is 352. The molecule has 1 aromatic rings. The van der Waals surface area contributed by atoms with Gasteiger partial charge in [-0.15, -0.1) is 24.0 Å². The second-order valence-corrected chi connectivity index (χ2v) is 4.69. The minimum absolute atomic E-state index is 0. The van der Waals surface area contributed by atoms with E-state index in [1.54, 1.807) is 0 Å². The van der Waals surface area contributed by atoms with Crippen LogP contribution in [0.25, 0.3) is 0 Å². The van der Waals surface area contributed by atoms with Gasteiger partial charge in [0.2, 0.25) is 0 Å². The molecule has 0 heterocycles. The van der Waals surface area contributed by atoms with Gasteiger partial charge in [-0.25, -0.2) is 0 Å². The fourth-order valence-corrected chi connectivity index (χ4v) is 1.43. The monoisotopic (exact) mass is 376 g/mol. The largest absolute Gasteiger partial charge is 0.385 e. The van der Waals surface area contributed by atoms with Crippen LogP contribution in [0.3, 0.4) is 0 Å². The predicted molar refractivity (Wildman–Crippen MR) is 94.3 cm³/mol. The molecule has 108 valence electrons. The molecule has 0 aliphatic rings. The average molecular weight is 376 g/mol. The maximum absolute atomic E-state index is 5.73. The topological polar surface area (TPSA) is 62.4 Å². The Morgan fingerprint density at radius 3 is 2.53 bits per heavy atom. The summed E-state index contributed by atoms with van der Waals surface area (Å²) in [5, 5.41) is 6.46. The Labute approximate surface area is 133 Å². The van der Waals surface area contributed by atoms with Crippen LogP contribution in [0.5, 0.6) is 0 Å². The normalized spacial score (nSPS) is 11.0. The molecular weight excluding hydrogens is 351 g/mol. The lowest BCUT2D eigenvalue weighted by atomic mass is 10.2. The highest BCUT2D eigenvalue weighted by Crippen LogP contribution is 2.03. The van der Waals surface area contributed by atoms with Crippen LogP contribution in [-0.4, -0.2) is 25.6 Å². The minimum Gasteiger partial charge on any atom is -0.385 e. The molecule has 1 rings (SSSR count). The summed E-state index contributed by atoms with van der Waals surface area (Å²) in [7, 11) is 0. The number of rotatable bonds is 7. The molecule has 0 amide bonds. The molecule has 0 unspecified atom stereocenters. The van der Waals surface area contributed by atoms with E-state index in [0.29, 0.717) is 11.9 Å². The molecule has 0 atom stereocenters. The Morgan fingerprint density at radius 2 is 1.89 bits per heavy atom. The fraction of sp³-hybridized carbons (Fsp3) is 0.500. The van der Waals surface area contributed by atoms with E-state index in [4.69, 9.17) is 5.73 Å². The summed E-state index contributed by atoms with van der Waals surface area (Å²) in [5.74, 6) is 1.09. The van der Waals surface area contributed by atoms with E-state index in [1.807, 2.05) is 18.2 Å². The van der Waals surface area contributed by atoms with Gasteiger partial charge in [0.1, 0.15) is 0 Å². The van der Waals surface area contributed by atoms with E-state index >= 15 is 0 Å². The van der Waals surface area contributed by atoms with Gasteiger partial charge in [0.15, 0.2) is 5.96 Å². The summed E-state index contributed by atoms with van der Waals surface area (Å²) in [6.07, 6.45) is 1.01. The smallest absolute Gasteiger partial charge is 0.188 e. The molecule has 4 N–H and O–H groups in total. The number of nitrogens with zero attached hydrogens (tertiary/aromatic N) is 1. The van der Waals surface area contributed by atoms with Crippen LogP contribution >= 0.6 is 24.0 Å². The summed E-state index contributed by atoms with van der Waals surface area (Å²) < 4.78 is 0. The van der Waals surface area contributed by atoms with Crippen LogP contribution in [0.4, 0.5) is 5.69 Å². The van der Waals surface area contributed by atoms with Crippen LogP contribution in [0, 0.1) is 5.92 Å². The van der Waals surface area contributed by atoms with Gasteiger partial charge >= 0.3 is 0 Å². The van der Waals surface area contributed by atoms with E-state index in [2.05, 4.69) is 41.6 Å². The van der Waals surface area contributed by atoms with Crippen molar-refractivity contribution in [3.05, 3.63) is 30.3 Å². The number of guanidine groups is 1. The first-order valence-electron chi connectivity index (χ1n) is 6.51. The quantitative estimate of drug-likeness (QED) is 0.297. The number of aliphatic imine (C=N–C) groups is 1. The number of benzene rings is 1. The third-order valence-electron chi connectivity index (χ3n) is 2.39. The Morgan fingerprint density at radius 1 is 1.21 bits per heavy atom. The van der Waals surface area contributed by atoms with E-state index in [0.717, 1.165) is 31.7 Å². The molecule has 0 aliphatic carbocycles. The molecule has 1 aromatic carbocycles. The SMILES string of the molecule is CC(C)CN=C(N)NCCCNc1ccccc1.I. The van der Waals surface area contributed by atoms with Crippen molar-refractivity contribution in [2.24, 2.45) is 16.6 Å². The molecule has 0 spiro atoms. The molecule has 0 fully saturated rings. The Kier molecular flexibility index (Phi) is 10.3. The van der Waals surface area contributed by atoms with Crippen molar-refractivity contribution >= 4 is 35.6 Å². The molecule has 0 radical (unpaired) electrons. The lowest BCUT2D eigenvalue weighted by molar-refractivity contribution is 0.660. The summed E-state index contributed by atoms with van der Waals surface area (Å²) in [6, 6.07) is 10.2. The van der Waals surface area contributed by atoms with Crippen LogP contribution in [0.15, 0.2) is 35.3 Å². The summed E-state index contributed by atoms with van der Waals surface area (Å²) in [6.45, 7) is 6.80. The highest BCUT2D eigenvalue weighted by atomic mass is 127. The molecule has 4 nitrogen and oxygen atoms in total. The summed E-state index contributed by atoms with van der Waals surface area (Å²) in [5.41, 5.74) is 6.89. The highest BCUT2D eigenvalue weighted by molar-refractivity contribution is 14.0. The van der Waals surface area contributed by atoms with Gasteiger partial charge in [0.05, 0.1) is 0 Å². The molecular formula is C14H25IN4. The number of nitrogens with one attached hydrogen (secondary N) is 2. The zero-order valence-corrected chi connectivity index (χ0v) is 14.1. The molecule has 0 bridgehead atoms. The van der Waals surface area contributed by atoms with Gasteiger partial charge in [-0.3, -0.25) is 4.99 Å². The highest BCUT2D eigenvalue weighted by Gasteiger charge is 1.94. The molecule has 5 heteroatoms. The molecule has 19 heavy (non-hydrogen) atoms. The molecule has 0 saturated carbocycles. The zero-order valence-electron chi connectivity index (χ0n) is 11.7. The van der Waals surface area contributed by atoms with Gasteiger partial charge in [0, 0.05) is 25.3 Å². The van der Waals surface area contributed by atoms with Crippen LogP contribution in [0.1, 0.15) is 20.3 Å². The van der Waals surface area contributed by atoms with Gasteiger partial charge in [0.25, 0.3) is 0 Å². The predicted octanol–water partition coefficient (Wildman–Crippen LogP) is 2.67. The van der Waals surface area contributed by atoms with Crippen molar-refractivity contribution in [1.82, 2.24) is 5.32 Å². The second-order valence-electron chi connectivity index (χ2n) is 4.69. The summed E-state index contributed by atoms with van der Waals surface area (Å²) in [4.78, 5) is 4.24. The number of hydrogen-bond donors (Lipinski definition) is 3. The minimum atomic E-state index is 0. The zero-order chi connectivity index (χ0) is 13.2. The van der Waals surface area contributed by atoms with Crippen LogP contribution in [-0.2, 0) is 0 Å². The molecule has 0 aromatic heterocycles. The van der Waals surface area contributed by atoms with Gasteiger partial charge in [-0.2, -0.15) is 0 Å². The van der Waals surface area contributed by atoms with Crippen LogP contribution < -0.4 is 16.4 Å². The van der Waals surface area contributed by atoms with Crippen molar-refractivity contribution in [3.8, 4) is 0 Å². The van der Waals surface area contributed by atoms with Crippen molar-refractivity contribution in [2.75, 3.05) is 25.0 Å². The first-order valence-corrected chi connectivity index (χ1v) is 6.51. The van der Waals surface area contributed by atoms with E-state index in [9.17, 15) is 0 Å². The van der Waals surface area contributed by atoms with Crippen molar-refractivity contribution < 1.29 is 0 Å². The number of anilines is 1. The van der Waals surface area contributed by atoms with E-state index < -0.39 is 0 Å². The standard InChI is InChI=1S/C14H24N4.HI/c1-12(2)11-18-14(15)17-10-6-9-16-13-7-4-3-5-8-13;/h3-5,7-8,12,16H,6,9-11H2,1-2H3,(H3,15,17,18);1H. The van der Waals surface area contributed by atoms with Gasteiger partial charge in [-0.05, 0) is 24.5 Å². The average Bonchev–Trinajstić information content (AvgIpc) is 2.37. The number of hydrogen-bond acceptors (Lipinski definition) is 2. The maximum Gasteiger partial charge on any atom is 0.188 e. The van der Waals surface area contributed by atoms with E-state index in [-0.39, 0.29) is 24.0 Å². The number of para-hydroxylation sites is 1. The Balaban J connectivity index is 0.00000324. The van der Waals surface area contributed by atoms with Crippen molar-refractivity contribution in [1.29, 1.82) is 0 Å². The van der Waals surface area contributed by atoms with Gasteiger partial charge in [-0.1, -0.05) is 32.0 Å². The van der Waals surface area contributed by atoms with Gasteiger partial charge < -0.3 is 16.4 Å².